The topological polar surface area (TPSA) is 52.6 Å². The quantitative estimate of drug-likeness (QED) is 0.532. The fraction of sp³-hybridized carbons (Fsp3) is 0.500. The van der Waals surface area contributed by atoms with Crippen molar-refractivity contribution in [2.75, 3.05) is 13.2 Å². The first kappa shape index (κ1) is 17.5. The first-order valence-electron chi connectivity index (χ1n) is 7.24. The van der Waals surface area contributed by atoms with Crippen LogP contribution in [0.15, 0.2) is 18.2 Å². The number of esters is 2. The molecule has 0 heterocycles. The highest BCUT2D eigenvalue weighted by atomic mass is 35.5. The van der Waals surface area contributed by atoms with Gasteiger partial charge in [0.05, 0.1) is 24.3 Å². The summed E-state index contributed by atoms with van der Waals surface area (Å²) in [5.74, 6) is -1.07. The van der Waals surface area contributed by atoms with Crippen LogP contribution in [0.4, 0.5) is 0 Å². The Balaban J connectivity index is 2.83. The molecule has 21 heavy (non-hydrogen) atoms. The molecule has 5 heteroatoms. The smallest absolute Gasteiger partial charge is 0.339 e. The van der Waals surface area contributed by atoms with Gasteiger partial charge in [-0.1, -0.05) is 38.3 Å². The molecule has 0 aliphatic rings. The van der Waals surface area contributed by atoms with Crippen molar-refractivity contribution in [3.8, 4) is 0 Å². The van der Waals surface area contributed by atoms with Crippen molar-refractivity contribution in [2.24, 2.45) is 0 Å². The van der Waals surface area contributed by atoms with Crippen LogP contribution in [0.5, 0.6) is 0 Å². The molecular weight excluding hydrogens is 292 g/mol. The van der Waals surface area contributed by atoms with Crippen molar-refractivity contribution >= 4 is 23.5 Å². The number of carbonyl (C=O) groups is 2. The Morgan fingerprint density at radius 1 is 0.952 bits per heavy atom. The molecule has 1 rings (SSSR count). The number of unbranched alkanes of at least 4 members (excludes halogenated alkanes) is 2. The minimum absolute atomic E-state index is 0.153. The molecule has 0 aromatic heterocycles. The van der Waals surface area contributed by atoms with E-state index in [2.05, 4.69) is 0 Å². The summed E-state index contributed by atoms with van der Waals surface area (Å²) >= 11 is 5.89. The van der Waals surface area contributed by atoms with Gasteiger partial charge in [0.2, 0.25) is 0 Å². The zero-order valence-corrected chi connectivity index (χ0v) is 13.2. The predicted molar refractivity (Wildman–Crippen MR) is 81.8 cm³/mol. The fourth-order valence-electron chi connectivity index (χ4n) is 1.64. The van der Waals surface area contributed by atoms with Gasteiger partial charge in [0.25, 0.3) is 0 Å². The summed E-state index contributed by atoms with van der Waals surface area (Å²) in [6, 6.07) is 4.49. The number of hydrogen-bond acceptors (Lipinski definition) is 4. The number of halogens is 1. The fourth-order valence-corrected chi connectivity index (χ4v) is 1.81. The van der Waals surface area contributed by atoms with E-state index in [0.717, 1.165) is 25.7 Å². The van der Waals surface area contributed by atoms with E-state index in [1.165, 1.54) is 12.1 Å². The van der Waals surface area contributed by atoms with Crippen molar-refractivity contribution in [3.05, 3.63) is 34.3 Å². The first-order valence-corrected chi connectivity index (χ1v) is 7.61. The molecule has 0 fully saturated rings. The second kappa shape index (κ2) is 9.40. The highest BCUT2D eigenvalue weighted by Gasteiger charge is 2.19. The van der Waals surface area contributed by atoms with Crippen LogP contribution in [0.2, 0.25) is 5.02 Å². The summed E-state index contributed by atoms with van der Waals surface area (Å²) < 4.78 is 10.3. The lowest BCUT2D eigenvalue weighted by molar-refractivity contribution is 0.0452. The summed E-state index contributed by atoms with van der Waals surface area (Å²) in [6.45, 7) is 4.67. The molecule has 0 radical (unpaired) electrons. The normalized spacial score (nSPS) is 10.2. The van der Waals surface area contributed by atoms with E-state index in [4.69, 9.17) is 21.1 Å². The van der Waals surface area contributed by atoms with Gasteiger partial charge in [-0.2, -0.15) is 0 Å². The molecule has 4 nitrogen and oxygen atoms in total. The van der Waals surface area contributed by atoms with Crippen molar-refractivity contribution in [1.29, 1.82) is 0 Å². The van der Waals surface area contributed by atoms with Crippen molar-refractivity contribution in [3.63, 3.8) is 0 Å². The minimum Gasteiger partial charge on any atom is -0.462 e. The maximum absolute atomic E-state index is 12.0. The maximum Gasteiger partial charge on any atom is 0.339 e. The van der Waals surface area contributed by atoms with Crippen molar-refractivity contribution < 1.29 is 19.1 Å². The SMILES string of the molecule is CCCCOC(=O)c1ccc(Cl)cc1C(=O)OCCCC. The molecule has 0 bridgehead atoms. The Morgan fingerprint density at radius 2 is 1.48 bits per heavy atom. The minimum atomic E-state index is -0.548. The Kier molecular flexibility index (Phi) is 7.83. The Bertz CT molecular complexity index is 485. The highest BCUT2D eigenvalue weighted by Crippen LogP contribution is 2.18. The third-order valence-electron chi connectivity index (χ3n) is 2.88. The van der Waals surface area contributed by atoms with Crippen molar-refractivity contribution in [1.82, 2.24) is 0 Å². The number of hydrogen-bond donors (Lipinski definition) is 0. The van der Waals surface area contributed by atoms with Crippen molar-refractivity contribution in [2.45, 2.75) is 39.5 Å². The molecule has 0 saturated heterocycles. The molecule has 0 amide bonds. The van der Waals surface area contributed by atoms with Gasteiger partial charge < -0.3 is 9.47 Å². The van der Waals surface area contributed by atoms with Gasteiger partial charge >= 0.3 is 11.9 Å². The number of ether oxygens (including phenoxy) is 2. The second-order valence-corrected chi connectivity index (χ2v) is 5.11. The zero-order chi connectivity index (χ0) is 15.7. The highest BCUT2D eigenvalue weighted by molar-refractivity contribution is 6.31. The lowest BCUT2D eigenvalue weighted by Gasteiger charge is -2.10. The standard InChI is InChI=1S/C16H21ClO4/c1-3-5-9-20-15(18)13-8-7-12(17)11-14(13)16(19)21-10-6-4-2/h7-8,11H,3-6,9-10H2,1-2H3. The second-order valence-electron chi connectivity index (χ2n) is 4.67. The van der Waals surface area contributed by atoms with E-state index in [0.29, 0.717) is 18.2 Å². The van der Waals surface area contributed by atoms with E-state index in [1.54, 1.807) is 6.07 Å². The molecule has 0 saturated carbocycles. The van der Waals surface area contributed by atoms with Crippen LogP contribution in [0.3, 0.4) is 0 Å². The number of benzene rings is 1. The predicted octanol–water partition coefficient (Wildman–Crippen LogP) is 4.25. The monoisotopic (exact) mass is 312 g/mol. The molecule has 0 N–H and O–H groups in total. The summed E-state index contributed by atoms with van der Waals surface area (Å²) in [5.41, 5.74) is 0.345. The van der Waals surface area contributed by atoms with Crippen LogP contribution in [0.1, 0.15) is 60.2 Å². The van der Waals surface area contributed by atoms with Crippen LogP contribution in [-0.4, -0.2) is 25.2 Å². The summed E-state index contributed by atoms with van der Waals surface area (Å²) in [7, 11) is 0. The molecule has 1 aromatic carbocycles. The Labute approximate surface area is 130 Å². The first-order chi connectivity index (χ1) is 10.1. The lowest BCUT2D eigenvalue weighted by atomic mass is 10.1. The molecule has 0 atom stereocenters. The van der Waals surface area contributed by atoms with E-state index in [1.807, 2.05) is 13.8 Å². The molecule has 0 aliphatic carbocycles. The molecule has 0 aliphatic heterocycles. The summed E-state index contributed by atoms with van der Waals surface area (Å²) in [6.07, 6.45) is 3.42. The molecular formula is C16H21ClO4. The van der Waals surface area contributed by atoms with Gasteiger partial charge in [0.1, 0.15) is 0 Å². The molecule has 116 valence electrons. The van der Waals surface area contributed by atoms with Crippen LogP contribution in [0.25, 0.3) is 0 Å². The zero-order valence-electron chi connectivity index (χ0n) is 12.5. The van der Waals surface area contributed by atoms with Crippen LogP contribution in [0, 0.1) is 0 Å². The van der Waals surface area contributed by atoms with Gasteiger partial charge in [0.15, 0.2) is 0 Å². The third kappa shape index (κ3) is 5.76. The van der Waals surface area contributed by atoms with Gasteiger partial charge in [-0.25, -0.2) is 9.59 Å². The van der Waals surface area contributed by atoms with E-state index < -0.39 is 11.9 Å². The lowest BCUT2D eigenvalue weighted by Crippen LogP contribution is -2.15. The molecule has 0 unspecified atom stereocenters. The Hall–Kier alpha value is -1.55. The average Bonchev–Trinajstić information content (AvgIpc) is 2.47. The van der Waals surface area contributed by atoms with Crippen LogP contribution in [-0.2, 0) is 9.47 Å². The molecule has 0 spiro atoms. The molecule has 1 aromatic rings. The van der Waals surface area contributed by atoms with Crippen LogP contribution < -0.4 is 0 Å². The van der Waals surface area contributed by atoms with E-state index in [-0.39, 0.29) is 11.1 Å². The maximum atomic E-state index is 12.0. The van der Waals surface area contributed by atoms with Gasteiger partial charge in [-0.05, 0) is 31.0 Å². The largest absolute Gasteiger partial charge is 0.462 e. The van der Waals surface area contributed by atoms with Crippen LogP contribution >= 0.6 is 11.6 Å². The Morgan fingerprint density at radius 3 is 2.00 bits per heavy atom. The van der Waals surface area contributed by atoms with E-state index >= 15 is 0 Å². The average molecular weight is 313 g/mol. The van der Waals surface area contributed by atoms with Gasteiger partial charge in [-0.3, -0.25) is 0 Å². The number of carbonyl (C=O) groups excluding carboxylic acids is 2. The summed E-state index contributed by atoms with van der Waals surface area (Å²) in [4.78, 5) is 24.1. The third-order valence-corrected chi connectivity index (χ3v) is 3.12. The van der Waals surface area contributed by atoms with Gasteiger partial charge in [0, 0.05) is 5.02 Å². The van der Waals surface area contributed by atoms with Gasteiger partial charge in [-0.15, -0.1) is 0 Å². The van der Waals surface area contributed by atoms with E-state index in [9.17, 15) is 9.59 Å². The summed E-state index contributed by atoms with van der Waals surface area (Å²) in [5, 5.41) is 0.377. The number of rotatable bonds is 8.